The summed E-state index contributed by atoms with van der Waals surface area (Å²) in [5, 5.41) is 12.2. The molecular formula is C15H27NO3. The third kappa shape index (κ3) is 4.22. The van der Waals surface area contributed by atoms with Crippen molar-refractivity contribution in [2.75, 3.05) is 0 Å². The van der Waals surface area contributed by atoms with Gasteiger partial charge in [-0.1, -0.05) is 47.0 Å². The number of hydrogen-bond donors (Lipinski definition) is 2. The number of nitrogens with one attached hydrogen (secondary N) is 1. The van der Waals surface area contributed by atoms with Gasteiger partial charge < -0.3 is 10.4 Å². The normalized spacial score (nSPS) is 20.6. The van der Waals surface area contributed by atoms with E-state index < -0.39 is 11.5 Å². The quantitative estimate of drug-likeness (QED) is 0.824. The van der Waals surface area contributed by atoms with Gasteiger partial charge in [0.25, 0.3) is 0 Å². The van der Waals surface area contributed by atoms with Crippen LogP contribution in [0.1, 0.15) is 66.2 Å². The maximum absolute atomic E-state index is 12.1. The summed E-state index contributed by atoms with van der Waals surface area (Å²) in [5.74, 6) is -0.794. The largest absolute Gasteiger partial charge is 0.480 e. The molecule has 110 valence electrons. The molecule has 0 spiro atoms. The highest BCUT2D eigenvalue weighted by molar-refractivity contribution is 5.87. The van der Waals surface area contributed by atoms with Crippen molar-refractivity contribution in [3.63, 3.8) is 0 Å². The first kappa shape index (κ1) is 16.0. The van der Waals surface area contributed by atoms with Crippen molar-refractivity contribution in [3.8, 4) is 0 Å². The highest BCUT2D eigenvalue weighted by Gasteiger charge is 2.41. The van der Waals surface area contributed by atoms with Crippen LogP contribution >= 0.6 is 0 Å². The number of carboxylic acid groups (broad SMARTS) is 1. The molecule has 4 nitrogen and oxygen atoms in total. The zero-order valence-electron chi connectivity index (χ0n) is 12.6. The van der Waals surface area contributed by atoms with Crippen LogP contribution in [-0.4, -0.2) is 22.5 Å². The van der Waals surface area contributed by atoms with Gasteiger partial charge in [-0.25, -0.2) is 4.79 Å². The topological polar surface area (TPSA) is 66.4 Å². The van der Waals surface area contributed by atoms with Crippen LogP contribution in [-0.2, 0) is 9.59 Å². The van der Waals surface area contributed by atoms with Crippen LogP contribution < -0.4 is 5.32 Å². The summed E-state index contributed by atoms with van der Waals surface area (Å²) < 4.78 is 0. The predicted molar refractivity (Wildman–Crippen MR) is 74.8 cm³/mol. The lowest BCUT2D eigenvalue weighted by Crippen LogP contribution is -2.56. The summed E-state index contributed by atoms with van der Waals surface area (Å²) in [6, 6.07) is 0. The van der Waals surface area contributed by atoms with Crippen molar-refractivity contribution in [1.29, 1.82) is 0 Å². The van der Waals surface area contributed by atoms with Gasteiger partial charge in [0.15, 0.2) is 0 Å². The van der Waals surface area contributed by atoms with Gasteiger partial charge in [0, 0.05) is 6.42 Å². The fraction of sp³-hybridized carbons (Fsp3) is 0.867. The monoisotopic (exact) mass is 269 g/mol. The number of carbonyl (C=O) groups excluding carboxylic acids is 1. The van der Waals surface area contributed by atoms with E-state index in [2.05, 4.69) is 26.1 Å². The number of aliphatic carboxylic acids is 1. The lowest BCUT2D eigenvalue weighted by Gasteiger charge is -2.35. The zero-order chi connectivity index (χ0) is 14.7. The SMILES string of the molecule is CC(CC(=O)NC1(C(=O)O)CCCCC1)C(C)(C)C. The van der Waals surface area contributed by atoms with Crippen LogP contribution in [0.5, 0.6) is 0 Å². The smallest absolute Gasteiger partial charge is 0.329 e. The average molecular weight is 269 g/mol. The van der Waals surface area contributed by atoms with Crippen LogP contribution in [0.2, 0.25) is 0 Å². The van der Waals surface area contributed by atoms with E-state index in [4.69, 9.17) is 0 Å². The van der Waals surface area contributed by atoms with Gasteiger partial charge in [-0.15, -0.1) is 0 Å². The molecule has 1 aliphatic rings. The first-order valence-electron chi connectivity index (χ1n) is 7.22. The summed E-state index contributed by atoms with van der Waals surface area (Å²) in [6.45, 7) is 8.32. The average Bonchev–Trinajstić information content (AvgIpc) is 2.28. The van der Waals surface area contributed by atoms with Gasteiger partial charge >= 0.3 is 5.97 Å². The summed E-state index contributed by atoms with van der Waals surface area (Å²) in [7, 11) is 0. The molecule has 0 bridgehead atoms. The Morgan fingerprint density at radius 2 is 1.74 bits per heavy atom. The van der Waals surface area contributed by atoms with E-state index in [9.17, 15) is 14.7 Å². The van der Waals surface area contributed by atoms with Crippen molar-refractivity contribution < 1.29 is 14.7 Å². The van der Waals surface area contributed by atoms with E-state index in [-0.39, 0.29) is 17.2 Å². The summed E-state index contributed by atoms with van der Waals surface area (Å²) in [6.07, 6.45) is 4.31. The molecule has 1 fully saturated rings. The number of amides is 1. The molecule has 1 unspecified atom stereocenters. The second-order valence-corrected chi connectivity index (χ2v) is 6.97. The Hall–Kier alpha value is -1.06. The summed E-state index contributed by atoms with van der Waals surface area (Å²) in [4.78, 5) is 23.6. The minimum absolute atomic E-state index is 0.0558. The fourth-order valence-electron chi connectivity index (χ4n) is 2.45. The molecule has 0 aromatic rings. The molecule has 1 rings (SSSR count). The molecule has 0 aromatic carbocycles. The molecule has 4 heteroatoms. The van der Waals surface area contributed by atoms with E-state index in [1.165, 1.54) is 0 Å². The summed E-state index contributed by atoms with van der Waals surface area (Å²) >= 11 is 0. The van der Waals surface area contributed by atoms with Gasteiger partial charge in [-0.05, 0) is 24.2 Å². The standard InChI is InChI=1S/C15H27NO3/c1-11(14(2,3)4)10-12(17)16-15(13(18)19)8-6-5-7-9-15/h11H,5-10H2,1-4H3,(H,16,17)(H,18,19). The van der Waals surface area contributed by atoms with E-state index in [0.29, 0.717) is 19.3 Å². The molecule has 2 N–H and O–H groups in total. The molecule has 0 heterocycles. The zero-order valence-corrected chi connectivity index (χ0v) is 12.6. The van der Waals surface area contributed by atoms with Crippen LogP contribution in [0.3, 0.4) is 0 Å². The number of rotatable bonds is 4. The lowest BCUT2D eigenvalue weighted by molar-refractivity contribution is -0.149. The minimum Gasteiger partial charge on any atom is -0.480 e. The highest BCUT2D eigenvalue weighted by atomic mass is 16.4. The second-order valence-electron chi connectivity index (χ2n) is 6.97. The number of carboxylic acids is 1. The van der Waals surface area contributed by atoms with Crippen molar-refractivity contribution in [1.82, 2.24) is 5.32 Å². The molecule has 1 atom stereocenters. The minimum atomic E-state index is -1.02. The number of carbonyl (C=O) groups is 2. The Morgan fingerprint density at radius 1 is 1.21 bits per heavy atom. The maximum atomic E-state index is 12.1. The van der Waals surface area contributed by atoms with Gasteiger partial charge in [0.2, 0.25) is 5.91 Å². The molecule has 0 aromatic heterocycles. The Morgan fingerprint density at radius 3 is 2.16 bits per heavy atom. The highest BCUT2D eigenvalue weighted by Crippen LogP contribution is 2.31. The van der Waals surface area contributed by atoms with Crippen molar-refractivity contribution in [3.05, 3.63) is 0 Å². The van der Waals surface area contributed by atoms with E-state index >= 15 is 0 Å². The first-order chi connectivity index (χ1) is 8.67. The molecule has 19 heavy (non-hydrogen) atoms. The van der Waals surface area contributed by atoms with Gasteiger partial charge in [-0.3, -0.25) is 4.79 Å². The Bertz CT molecular complexity index is 338. The van der Waals surface area contributed by atoms with Crippen LogP contribution in [0, 0.1) is 11.3 Å². The van der Waals surface area contributed by atoms with Gasteiger partial charge in [-0.2, -0.15) is 0 Å². The molecule has 0 saturated heterocycles. The fourth-order valence-corrected chi connectivity index (χ4v) is 2.45. The first-order valence-corrected chi connectivity index (χ1v) is 7.22. The van der Waals surface area contributed by atoms with Crippen molar-refractivity contribution in [2.45, 2.75) is 71.8 Å². The van der Waals surface area contributed by atoms with E-state index in [1.54, 1.807) is 0 Å². The Labute approximate surface area is 116 Å². The third-order valence-corrected chi connectivity index (χ3v) is 4.47. The molecule has 1 amide bonds. The predicted octanol–water partition coefficient (Wildman–Crippen LogP) is 2.96. The summed E-state index contributed by atoms with van der Waals surface area (Å²) in [5.41, 5.74) is -0.965. The maximum Gasteiger partial charge on any atom is 0.329 e. The lowest BCUT2D eigenvalue weighted by atomic mass is 9.78. The molecule has 0 radical (unpaired) electrons. The molecule has 1 aliphatic carbocycles. The van der Waals surface area contributed by atoms with Crippen LogP contribution in [0.15, 0.2) is 0 Å². The van der Waals surface area contributed by atoms with Gasteiger partial charge in [0.05, 0.1) is 0 Å². The molecule has 1 saturated carbocycles. The second kappa shape index (κ2) is 5.93. The van der Waals surface area contributed by atoms with Crippen LogP contribution in [0.25, 0.3) is 0 Å². The van der Waals surface area contributed by atoms with Crippen LogP contribution in [0.4, 0.5) is 0 Å². The van der Waals surface area contributed by atoms with E-state index in [0.717, 1.165) is 19.3 Å². The number of hydrogen-bond acceptors (Lipinski definition) is 2. The molecular weight excluding hydrogens is 242 g/mol. The third-order valence-electron chi connectivity index (χ3n) is 4.47. The van der Waals surface area contributed by atoms with E-state index in [1.807, 2.05) is 6.92 Å². The van der Waals surface area contributed by atoms with Crippen molar-refractivity contribution in [2.24, 2.45) is 11.3 Å². The van der Waals surface area contributed by atoms with Crippen molar-refractivity contribution >= 4 is 11.9 Å². The van der Waals surface area contributed by atoms with Gasteiger partial charge in [0.1, 0.15) is 5.54 Å². The Balaban J connectivity index is 2.65. The molecule has 0 aliphatic heterocycles. The Kier molecular flexibility index (Phi) is 4.99.